The molecule has 1 aliphatic heterocycles. The van der Waals surface area contributed by atoms with Crippen LogP contribution in [0.15, 0.2) is 42.5 Å². The Hall–Kier alpha value is -3.30. The second-order valence-electron chi connectivity index (χ2n) is 8.68. The molecule has 0 aliphatic carbocycles. The summed E-state index contributed by atoms with van der Waals surface area (Å²) < 4.78 is 38.8. The van der Waals surface area contributed by atoms with Gasteiger partial charge in [0.2, 0.25) is 5.91 Å². The molecule has 0 radical (unpaired) electrons. The molecule has 0 unspecified atom stereocenters. The van der Waals surface area contributed by atoms with Gasteiger partial charge in [-0.1, -0.05) is 12.1 Å². The fraction of sp³-hybridized carbons (Fsp3) is 0.458. The fourth-order valence-electron chi connectivity index (χ4n) is 4.11. The van der Waals surface area contributed by atoms with Crippen molar-refractivity contribution in [2.45, 2.75) is 31.9 Å². The van der Waals surface area contributed by atoms with Gasteiger partial charge < -0.3 is 15.1 Å². The minimum absolute atomic E-state index is 0.0514. The molecule has 34 heavy (non-hydrogen) atoms. The third-order valence-electron chi connectivity index (χ3n) is 6.10. The van der Waals surface area contributed by atoms with Gasteiger partial charge in [0.1, 0.15) is 5.69 Å². The van der Waals surface area contributed by atoms with Crippen LogP contribution in [-0.2, 0) is 17.4 Å². The molecule has 184 valence electrons. The number of amides is 1. The molecule has 2 aromatic carbocycles. The number of nitro groups is 1. The molecular formula is C24H29F3N4O3. The van der Waals surface area contributed by atoms with Crippen LogP contribution in [0.5, 0.6) is 0 Å². The number of rotatable bonds is 8. The monoisotopic (exact) mass is 478 g/mol. The molecule has 0 bridgehead atoms. The maximum absolute atomic E-state index is 12.9. The van der Waals surface area contributed by atoms with Crippen molar-refractivity contribution in [2.24, 2.45) is 5.92 Å². The van der Waals surface area contributed by atoms with Gasteiger partial charge in [-0.2, -0.15) is 13.2 Å². The quantitative estimate of drug-likeness (QED) is 0.340. The number of nitrogens with one attached hydrogen (secondary N) is 1. The van der Waals surface area contributed by atoms with Crippen molar-refractivity contribution in [1.82, 2.24) is 5.32 Å². The normalized spacial score (nSPS) is 14.7. The smallest absolute Gasteiger partial charge is 0.378 e. The Labute approximate surface area is 196 Å². The molecule has 1 saturated heterocycles. The molecule has 0 atom stereocenters. The Bertz CT molecular complexity index is 1000. The second-order valence-corrected chi connectivity index (χ2v) is 8.68. The molecule has 1 amide bonds. The molecule has 1 aliphatic rings. The number of nitrogens with zero attached hydrogens (tertiary/aromatic N) is 3. The molecular weight excluding hydrogens is 449 g/mol. The Kier molecular flexibility index (Phi) is 8.01. The molecule has 0 aromatic heterocycles. The van der Waals surface area contributed by atoms with E-state index in [1.54, 1.807) is 4.90 Å². The zero-order valence-electron chi connectivity index (χ0n) is 19.3. The zero-order valence-corrected chi connectivity index (χ0v) is 19.3. The minimum Gasteiger partial charge on any atom is -0.378 e. The summed E-state index contributed by atoms with van der Waals surface area (Å²) in [5.41, 5.74) is 0.857. The first kappa shape index (κ1) is 25.3. The van der Waals surface area contributed by atoms with E-state index >= 15 is 0 Å². The van der Waals surface area contributed by atoms with E-state index in [0.717, 1.165) is 30.7 Å². The van der Waals surface area contributed by atoms with Gasteiger partial charge in [-0.25, -0.2) is 0 Å². The number of alkyl halides is 3. The van der Waals surface area contributed by atoms with Crippen LogP contribution in [0.3, 0.4) is 0 Å². The Balaban J connectivity index is 1.48. The first-order valence-electron chi connectivity index (χ1n) is 11.2. The second kappa shape index (κ2) is 10.8. The van der Waals surface area contributed by atoms with Crippen molar-refractivity contribution in [3.8, 4) is 0 Å². The number of carbonyl (C=O) groups is 1. The number of carbonyl (C=O) groups excluding carboxylic acids is 1. The average molecular weight is 479 g/mol. The molecule has 0 spiro atoms. The highest BCUT2D eigenvalue weighted by atomic mass is 19.4. The zero-order chi connectivity index (χ0) is 24.9. The molecule has 2 aromatic rings. The summed E-state index contributed by atoms with van der Waals surface area (Å²) in [6.07, 6.45) is -2.02. The predicted octanol–water partition coefficient (Wildman–Crippen LogP) is 4.65. The van der Waals surface area contributed by atoms with Crippen molar-refractivity contribution in [1.29, 1.82) is 0 Å². The highest BCUT2D eigenvalue weighted by Gasteiger charge is 2.34. The summed E-state index contributed by atoms with van der Waals surface area (Å²) in [5, 5.41) is 14.3. The van der Waals surface area contributed by atoms with Gasteiger partial charge in [0.25, 0.3) is 5.69 Å². The number of hydrogen-bond acceptors (Lipinski definition) is 5. The minimum atomic E-state index is -4.65. The first-order valence-corrected chi connectivity index (χ1v) is 11.2. The van der Waals surface area contributed by atoms with Crippen molar-refractivity contribution < 1.29 is 22.9 Å². The molecule has 7 nitrogen and oxygen atoms in total. The highest BCUT2D eigenvalue weighted by molar-refractivity contribution is 5.79. The standard InChI is InChI=1S/C24H29F3N4O3/c1-29(2)20-8-5-17(6-9-20)4-3-13-28-23(32)18-11-14-30(15-12-18)21-10-7-19(24(25,26)27)16-22(21)31(33)34/h5-10,16,18H,3-4,11-15H2,1-2H3,(H,28,32). The van der Waals surface area contributed by atoms with E-state index in [4.69, 9.17) is 0 Å². The van der Waals surface area contributed by atoms with Crippen LogP contribution in [0.1, 0.15) is 30.4 Å². The molecule has 3 rings (SSSR count). The van der Waals surface area contributed by atoms with Crippen molar-refractivity contribution in [3.63, 3.8) is 0 Å². The van der Waals surface area contributed by atoms with Gasteiger partial charge in [-0.3, -0.25) is 14.9 Å². The van der Waals surface area contributed by atoms with Crippen LogP contribution in [0.25, 0.3) is 0 Å². The Morgan fingerprint density at radius 3 is 2.35 bits per heavy atom. The van der Waals surface area contributed by atoms with Crippen LogP contribution in [0.4, 0.5) is 30.2 Å². The maximum atomic E-state index is 12.9. The fourth-order valence-corrected chi connectivity index (χ4v) is 4.11. The number of halogens is 3. The van der Waals surface area contributed by atoms with Gasteiger partial charge in [-0.15, -0.1) is 0 Å². The van der Waals surface area contributed by atoms with Crippen molar-refractivity contribution in [2.75, 3.05) is 43.5 Å². The third-order valence-corrected chi connectivity index (χ3v) is 6.10. The molecule has 0 saturated carbocycles. The summed E-state index contributed by atoms with van der Waals surface area (Å²) in [6, 6.07) is 10.8. The van der Waals surface area contributed by atoms with E-state index in [2.05, 4.69) is 29.6 Å². The highest BCUT2D eigenvalue weighted by Crippen LogP contribution is 2.37. The summed E-state index contributed by atoms with van der Waals surface area (Å²) >= 11 is 0. The average Bonchev–Trinajstić information content (AvgIpc) is 2.81. The molecule has 10 heteroatoms. The van der Waals surface area contributed by atoms with Crippen LogP contribution in [0.2, 0.25) is 0 Å². The number of nitro benzene ring substituents is 1. The lowest BCUT2D eigenvalue weighted by Crippen LogP contribution is -2.41. The van der Waals surface area contributed by atoms with E-state index in [1.807, 2.05) is 19.0 Å². The summed E-state index contributed by atoms with van der Waals surface area (Å²) in [5.74, 6) is -0.270. The lowest BCUT2D eigenvalue weighted by Gasteiger charge is -2.32. The first-order chi connectivity index (χ1) is 16.1. The van der Waals surface area contributed by atoms with E-state index in [9.17, 15) is 28.1 Å². The van der Waals surface area contributed by atoms with Gasteiger partial charge in [0.05, 0.1) is 10.5 Å². The number of hydrogen-bond donors (Lipinski definition) is 1. The maximum Gasteiger partial charge on any atom is 0.416 e. The Morgan fingerprint density at radius 1 is 1.15 bits per heavy atom. The summed E-state index contributed by atoms with van der Waals surface area (Å²) in [7, 11) is 3.97. The van der Waals surface area contributed by atoms with E-state index < -0.39 is 22.4 Å². The summed E-state index contributed by atoms with van der Waals surface area (Å²) in [4.78, 5) is 26.8. The van der Waals surface area contributed by atoms with Crippen LogP contribution in [-0.4, -0.2) is 44.6 Å². The van der Waals surface area contributed by atoms with Crippen LogP contribution < -0.4 is 15.1 Å². The topological polar surface area (TPSA) is 78.7 Å². The molecule has 1 heterocycles. The van der Waals surface area contributed by atoms with Gasteiger partial charge in [-0.05, 0) is 55.5 Å². The van der Waals surface area contributed by atoms with Gasteiger partial charge >= 0.3 is 6.18 Å². The molecule has 1 N–H and O–H groups in total. The van der Waals surface area contributed by atoms with E-state index in [1.165, 1.54) is 5.56 Å². The van der Waals surface area contributed by atoms with Crippen molar-refractivity contribution in [3.05, 3.63) is 63.7 Å². The van der Waals surface area contributed by atoms with Gasteiger partial charge in [0, 0.05) is 51.4 Å². The van der Waals surface area contributed by atoms with Gasteiger partial charge in [0.15, 0.2) is 0 Å². The third kappa shape index (κ3) is 6.39. The largest absolute Gasteiger partial charge is 0.416 e. The predicted molar refractivity (Wildman–Crippen MR) is 125 cm³/mol. The van der Waals surface area contributed by atoms with E-state index in [-0.39, 0.29) is 17.5 Å². The lowest BCUT2D eigenvalue weighted by atomic mass is 9.95. The van der Waals surface area contributed by atoms with Crippen molar-refractivity contribution >= 4 is 23.0 Å². The number of anilines is 2. The van der Waals surface area contributed by atoms with E-state index in [0.29, 0.717) is 38.5 Å². The Morgan fingerprint density at radius 2 is 1.79 bits per heavy atom. The number of aryl methyl sites for hydroxylation is 1. The summed E-state index contributed by atoms with van der Waals surface area (Å²) in [6.45, 7) is 1.28. The molecule has 1 fully saturated rings. The van der Waals surface area contributed by atoms with Crippen LogP contribution >= 0.6 is 0 Å². The van der Waals surface area contributed by atoms with Crippen LogP contribution in [0, 0.1) is 16.0 Å². The number of piperidine rings is 1. The number of benzene rings is 2. The SMILES string of the molecule is CN(C)c1ccc(CCCNC(=O)C2CCN(c3ccc(C(F)(F)F)cc3[N+](=O)[O-])CC2)cc1. The lowest BCUT2D eigenvalue weighted by molar-refractivity contribution is -0.384.